The summed E-state index contributed by atoms with van der Waals surface area (Å²) in [5.74, 6) is 4.68. The number of hydrogen-bond donors (Lipinski definition) is 1. The Balaban J connectivity index is 3.56. The summed E-state index contributed by atoms with van der Waals surface area (Å²) in [4.78, 5) is 10.2. The minimum Gasteiger partial charge on any atom is -0.280 e. The fraction of sp³-hybridized carbons (Fsp3) is 0.250. The molecule has 0 spiro atoms. The molecule has 0 bridgehead atoms. The number of hydrogen-bond acceptors (Lipinski definition) is 2. The number of likely N-dealkylation sites (N-methyl/N-ethyl adjacent to an activating group) is 1. The Bertz CT molecular complexity index is 87.7. The van der Waals surface area contributed by atoms with Crippen molar-refractivity contribution in [1.29, 1.82) is 0 Å². The molecule has 0 unspecified atom stereocenters. The third kappa shape index (κ3) is 1.94. The SMILES string of the molecule is C=CC(=O)N(C)N. The van der Waals surface area contributed by atoms with Gasteiger partial charge >= 0.3 is 0 Å². The number of hydrazine groups is 1. The molecule has 0 aromatic rings. The third-order valence-electron chi connectivity index (χ3n) is 0.522. The Hall–Kier alpha value is -0.830. The van der Waals surface area contributed by atoms with E-state index in [9.17, 15) is 4.79 Å². The van der Waals surface area contributed by atoms with E-state index >= 15 is 0 Å². The zero-order chi connectivity index (χ0) is 5.86. The quantitative estimate of drug-likeness (QED) is 0.209. The molecule has 0 saturated heterocycles. The van der Waals surface area contributed by atoms with Crippen molar-refractivity contribution in [1.82, 2.24) is 5.01 Å². The van der Waals surface area contributed by atoms with Gasteiger partial charge in [0.1, 0.15) is 0 Å². The van der Waals surface area contributed by atoms with Crippen LogP contribution in [0, 0.1) is 0 Å². The molecule has 0 fully saturated rings. The van der Waals surface area contributed by atoms with Gasteiger partial charge in [0.2, 0.25) is 0 Å². The Morgan fingerprint density at radius 1 is 2.00 bits per heavy atom. The molecule has 40 valence electrons. The van der Waals surface area contributed by atoms with Crippen LogP contribution < -0.4 is 5.84 Å². The molecular weight excluding hydrogens is 92.1 g/mol. The summed E-state index contributed by atoms with van der Waals surface area (Å²) in [5, 5.41) is 0.965. The number of nitrogens with two attached hydrogens (primary N) is 1. The van der Waals surface area contributed by atoms with Gasteiger partial charge in [-0.05, 0) is 6.08 Å². The molecule has 0 aromatic heterocycles. The first-order valence-corrected chi connectivity index (χ1v) is 1.83. The van der Waals surface area contributed by atoms with E-state index in [1.54, 1.807) is 0 Å². The predicted molar refractivity (Wildman–Crippen MR) is 27.2 cm³/mol. The lowest BCUT2D eigenvalue weighted by Crippen LogP contribution is -2.31. The number of amides is 1. The molecule has 2 N–H and O–H groups in total. The van der Waals surface area contributed by atoms with Gasteiger partial charge in [-0.25, -0.2) is 5.84 Å². The molecule has 0 aliphatic rings. The molecule has 0 radical (unpaired) electrons. The van der Waals surface area contributed by atoms with Crippen LogP contribution in [0.1, 0.15) is 0 Å². The van der Waals surface area contributed by atoms with Gasteiger partial charge in [-0.2, -0.15) is 0 Å². The first-order valence-electron chi connectivity index (χ1n) is 1.83. The van der Waals surface area contributed by atoms with Gasteiger partial charge < -0.3 is 0 Å². The molecule has 0 saturated carbocycles. The number of carbonyl (C=O) groups excluding carboxylic acids is 1. The fourth-order valence-electron chi connectivity index (χ4n) is 0.144. The van der Waals surface area contributed by atoms with Crippen LogP contribution in [0.4, 0.5) is 0 Å². The minimum absolute atomic E-state index is 0.278. The van der Waals surface area contributed by atoms with E-state index in [0.29, 0.717) is 0 Å². The standard InChI is InChI=1S/C4H8N2O/c1-3-4(7)6(2)5/h3H,1,5H2,2H3. The molecule has 0 heterocycles. The molecule has 1 amide bonds. The second-order valence-corrected chi connectivity index (χ2v) is 1.15. The van der Waals surface area contributed by atoms with Crippen molar-refractivity contribution < 1.29 is 4.79 Å². The van der Waals surface area contributed by atoms with Crippen LogP contribution in [0.5, 0.6) is 0 Å². The van der Waals surface area contributed by atoms with E-state index in [0.717, 1.165) is 11.1 Å². The molecule has 0 aromatic carbocycles. The van der Waals surface area contributed by atoms with Crippen molar-refractivity contribution in [3.63, 3.8) is 0 Å². The zero-order valence-electron chi connectivity index (χ0n) is 4.22. The Morgan fingerprint density at radius 3 is 2.43 bits per heavy atom. The van der Waals surface area contributed by atoms with E-state index in [1.165, 1.54) is 7.05 Å². The maximum absolute atomic E-state index is 10.2. The van der Waals surface area contributed by atoms with Crippen LogP contribution in [0.15, 0.2) is 12.7 Å². The zero-order valence-corrected chi connectivity index (χ0v) is 4.22. The average molecular weight is 100 g/mol. The van der Waals surface area contributed by atoms with Gasteiger partial charge in [0.25, 0.3) is 5.91 Å². The van der Waals surface area contributed by atoms with E-state index in [2.05, 4.69) is 6.58 Å². The van der Waals surface area contributed by atoms with Gasteiger partial charge in [-0.1, -0.05) is 6.58 Å². The molecule has 0 aliphatic heterocycles. The maximum atomic E-state index is 10.2. The molecule has 3 nitrogen and oxygen atoms in total. The van der Waals surface area contributed by atoms with E-state index in [-0.39, 0.29) is 5.91 Å². The first-order chi connectivity index (χ1) is 3.18. The molecule has 7 heavy (non-hydrogen) atoms. The summed E-state index contributed by atoms with van der Waals surface area (Å²) in [6, 6.07) is 0. The van der Waals surface area contributed by atoms with E-state index in [1.807, 2.05) is 0 Å². The number of carbonyl (C=O) groups is 1. The molecule has 0 rings (SSSR count). The lowest BCUT2D eigenvalue weighted by Gasteiger charge is -2.03. The second kappa shape index (κ2) is 2.36. The highest BCUT2D eigenvalue weighted by Crippen LogP contribution is 1.70. The average Bonchev–Trinajstić information content (AvgIpc) is 1.65. The van der Waals surface area contributed by atoms with Gasteiger partial charge in [0.15, 0.2) is 0 Å². The van der Waals surface area contributed by atoms with E-state index in [4.69, 9.17) is 5.84 Å². The van der Waals surface area contributed by atoms with Crippen LogP contribution >= 0.6 is 0 Å². The maximum Gasteiger partial charge on any atom is 0.259 e. The van der Waals surface area contributed by atoms with E-state index < -0.39 is 0 Å². The lowest BCUT2D eigenvalue weighted by molar-refractivity contribution is -0.124. The van der Waals surface area contributed by atoms with Gasteiger partial charge in [0.05, 0.1) is 0 Å². The summed E-state index contributed by atoms with van der Waals surface area (Å²) in [7, 11) is 1.46. The van der Waals surface area contributed by atoms with Crippen molar-refractivity contribution in [2.45, 2.75) is 0 Å². The molecule has 0 aliphatic carbocycles. The lowest BCUT2D eigenvalue weighted by atomic mass is 10.6. The van der Waals surface area contributed by atoms with Crippen molar-refractivity contribution in [2.75, 3.05) is 7.05 Å². The molecule has 0 atom stereocenters. The summed E-state index contributed by atoms with van der Waals surface area (Å²) in [6.45, 7) is 3.21. The topological polar surface area (TPSA) is 46.3 Å². The van der Waals surface area contributed by atoms with Crippen molar-refractivity contribution >= 4 is 5.91 Å². The normalized spacial score (nSPS) is 7.71. The summed E-state index contributed by atoms with van der Waals surface area (Å²) < 4.78 is 0. The van der Waals surface area contributed by atoms with Crippen molar-refractivity contribution in [3.8, 4) is 0 Å². The molecule has 3 heteroatoms. The summed E-state index contributed by atoms with van der Waals surface area (Å²) in [6.07, 6.45) is 1.15. The van der Waals surface area contributed by atoms with Gasteiger partial charge in [0, 0.05) is 7.05 Å². The highest BCUT2D eigenvalue weighted by Gasteiger charge is 1.92. The van der Waals surface area contributed by atoms with Crippen LogP contribution in [0.3, 0.4) is 0 Å². The number of nitrogens with zero attached hydrogens (tertiary/aromatic N) is 1. The van der Waals surface area contributed by atoms with Crippen LogP contribution in [-0.4, -0.2) is 18.0 Å². The second-order valence-electron chi connectivity index (χ2n) is 1.15. The monoisotopic (exact) mass is 100 g/mol. The first kappa shape index (κ1) is 6.17. The van der Waals surface area contributed by atoms with Crippen LogP contribution in [0.2, 0.25) is 0 Å². The summed E-state index contributed by atoms with van der Waals surface area (Å²) in [5.41, 5.74) is 0. The largest absolute Gasteiger partial charge is 0.280 e. The summed E-state index contributed by atoms with van der Waals surface area (Å²) >= 11 is 0. The predicted octanol–water partition coefficient (Wildman–Crippen LogP) is -0.495. The van der Waals surface area contributed by atoms with Crippen molar-refractivity contribution in [2.24, 2.45) is 5.84 Å². The minimum atomic E-state index is -0.278. The third-order valence-corrected chi connectivity index (χ3v) is 0.522. The smallest absolute Gasteiger partial charge is 0.259 e. The van der Waals surface area contributed by atoms with Crippen LogP contribution in [-0.2, 0) is 4.79 Å². The van der Waals surface area contributed by atoms with Gasteiger partial charge in [-0.15, -0.1) is 0 Å². The van der Waals surface area contributed by atoms with Crippen LogP contribution in [0.25, 0.3) is 0 Å². The Morgan fingerprint density at radius 2 is 2.43 bits per heavy atom. The van der Waals surface area contributed by atoms with Gasteiger partial charge in [-0.3, -0.25) is 9.80 Å². The highest BCUT2D eigenvalue weighted by atomic mass is 16.2. The Labute approximate surface area is 42.4 Å². The molecular formula is C4H8N2O. The highest BCUT2D eigenvalue weighted by molar-refractivity contribution is 5.86. The van der Waals surface area contributed by atoms with Crippen molar-refractivity contribution in [3.05, 3.63) is 12.7 Å². The fourth-order valence-corrected chi connectivity index (χ4v) is 0.144. The number of rotatable bonds is 1. The Kier molecular flexibility index (Phi) is 2.08.